The van der Waals surface area contributed by atoms with Gasteiger partial charge < -0.3 is 19.9 Å². The van der Waals surface area contributed by atoms with E-state index in [1.54, 1.807) is 16.8 Å². The molecule has 202 valence electrons. The second-order valence-corrected chi connectivity index (χ2v) is 11.0. The molecular weight excluding hydrogens is 535 g/mol. The Morgan fingerprint density at radius 3 is 2.59 bits per heavy atom. The SMILES string of the molecule is CN1CCN(c2ccc(Nc3ncc4cc(-c5ccccc5Cl)c(=O)n(C[C@H]5CCCO5)c4n3)cc2Cl)CC1. The van der Waals surface area contributed by atoms with Crippen molar-refractivity contribution in [2.75, 3.05) is 50.1 Å². The number of likely N-dealkylation sites (N-methyl/N-ethyl adjacent to an activating group) is 1. The Morgan fingerprint density at radius 2 is 1.85 bits per heavy atom. The number of pyridine rings is 1. The van der Waals surface area contributed by atoms with Crippen molar-refractivity contribution in [2.24, 2.45) is 0 Å². The second-order valence-electron chi connectivity index (χ2n) is 10.1. The van der Waals surface area contributed by atoms with E-state index in [9.17, 15) is 4.79 Å². The Hall–Kier alpha value is -3.17. The predicted octanol–water partition coefficient (Wildman–Crippen LogP) is 5.44. The summed E-state index contributed by atoms with van der Waals surface area (Å²) < 4.78 is 7.56. The molecule has 2 aromatic carbocycles. The van der Waals surface area contributed by atoms with Gasteiger partial charge in [-0.15, -0.1) is 0 Å². The molecule has 4 heterocycles. The van der Waals surface area contributed by atoms with E-state index in [1.165, 1.54) is 0 Å². The fourth-order valence-corrected chi connectivity index (χ4v) is 5.81. The molecule has 10 heteroatoms. The molecule has 2 aliphatic heterocycles. The zero-order valence-electron chi connectivity index (χ0n) is 21.7. The average Bonchev–Trinajstić information content (AvgIpc) is 3.45. The van der Waals surface area contributed by atoms with Crippen molar-refractivity contribution in [3.8, 4) is 11.1 Å². The highest BCUT2D eigenvalue weighted by Crippen LogP contribution is 2.31. The number of halogens is 2. The standard InChI is InChI=1S/C29H30Cl2N6O2/c1-35-10-12-36(13-11-35)26-9-8-20(16-25(26)31)33-29-32-17-19-15-23(22-6-2-3-7-24(22)30)28(38)37(27(19)34-29)18-21-5-4-14-39-21/h2-3,6-9,15-17,21H,4-5,10-14,18H2,1H3,(H,32,33,34)/t21-/m1/s1. The van der Waals surface area contributed by atoms with Crippen LogP contribution < -0.4 is 15.8 Å². The summed E-state index contributed by atoms with van der Waals surface area (Å²) >= 11 is 13.2. The van der Waals surface area contributed by atoms with Gasteiger partial charge in [-0.25, -0.2) is 4.98 Å². The predicted molar refractivity (Wildman–Crippen MR) is 158 cm³/mol. The molecule has 0 spiro atoms. The zero-order valence-corrected chi connectivity index (χ0v) is 23.3. The number of fused-ring (bicyclic) bond motifs is 1. The first-order valence-electron chi connectivity index (χ1n) is 13.2. The molecule has 0 unspecified atom stereocenters. The molecular formula is C29H30Cl2N6O2. The number of nitrogens with zero attached hydrogens (tertiary/aromatic N) is 5. The Bertz CT molecular complexity index is 1560. The summed E-state index contributed by atoms with van der Waals surface area (Å²) in [6.45, 7) is 5.01. The van der Waals surface area contributed by atoms with Crippen LogP contribution in [0.5, 0.6) is 0 Å². The normalized spacial score (nSPS) is 18.1. The summed E-state index contributed by atoms with van der Waals surface area (Å²) in [5.74, 6) is 0.386. The number of benzene rings is 2. The third-order valence-corrected chi connectivity index (χ3v) is 8.08. The summed E-state index contributed by atoms with van der Waals surface area (Å²) in [7, 11) is 2.13. The minimum Gasteiger partial charge on any atom is -0.376 e. The molecule has 2 fully saturated rings. The lowest BCUT2D eigenvalue weighted by Gasteiger charge is -2.34. The molecule has 0 amide bonds. The molecule has 1 N–H and O–H groups in total. The number of anilines is 3. The first kappa shape index (κ1) is 26.1. The highest BCUT2D eigenvalue weighted by molar-refractivity contribution is 6.33. The van der Waals surface area contributed by atoms with Gasteiger partial charge in [-0.05, 0) is 50.2 Å². The van der Waals surface area contributed by atoms with Crippen molar-refractivity contribution in [3.05, 3.63) is 75.1 Å². The lowest BCUT2D eigenvalue weighted by Crippen LogP contribution is -2.44. The van der Waals surface area contributed by atoms with Crippen LogP contribution in [0.3, 0.4) is 0 Å². The van der Waals surface area contributed by atoms with Crippen molar-refractivity contribution in [1.29, 1.82) is 0 Å². The Kier molecular flexibility index (Phi) is 7.44. The maximum atomic E-state index is 13.8. The van der Waals surface area contributed by atoms with Crippen LogP contribution in [0, 0.1) is 0 Å². The van der Waals surface area contributed by atoms with E-state index in [0.29, 0.717) is 45.9 Å². The molecule has 0 bridgehead atoms. The second kappa shape index (κ2) is 11.1. The van der Waals surface area contributed by atoms with Crippen LogP contribution in [0.15, 0.2) is 59.5 Å². The maximum Gasteiger partial charge on any atom is 0.260 e. The first-order chi connectivity index (χ1) is 19.0. The Labute approximate surface area is 237 Å². The van der Waals surface area contributed by atoms with E-state index in [2.05, 4.69) is 27.1 Å². The molecule has 6 rings (SSSR count). The number of rotatable bonds is 6. The summed E-state index contributed by atoms with van der Waals surface area (Å²) in [5, 5.41) is 5.21. The van der Waals surface area contributed by atoms with E-state index in [0.717, 1.165) is 55.8 Å². The van der Waals surface area contributed by atoms with Gasteiger partial charge in [0, 0.05) is 66.2 Å². The van der Waals surface area contributed by atoms with Crippen LogP contribution in [-0.4, -0.2) is 65.4 Å². The minimum absolute atomic E-state index is 0.0419. The van der Waals surface area contributed by atoms with E-state index in [1.807, 2.05) is 42.5 Å². The molecule has 0 radical (unpaired) electrons. The molecule has 1 atom stereocenters. The van der Waals surface area contributed by atoms with Crippen molar-refractivity contribution < 1.29 is 4.74 Å². The summed E-state index contributed by atoms with van der Waals surface area (Å²) in [4.78, 5) is 27.7. The maximum absolute atomic E-state index is 13.8. The fraction of sp³-hybridized carbons (Fsp3) is 0.345. The van der Waals surface area contributed by atoms with Gasteiger partial charge in [0.15, 0.2) is 0 Å². The third-order valence-electron chi connectivity index (χ3n) is 7.45. The van der Waals surface area contributed by atoms with Crippen LogP contribution in [0.4, 0.5) is 17.3 Å². The van der Waals surface area contributed by atoms with Crippen molar-refractivity contribution in [1.82, 2.24) is 19.4 Å². The van der Waals surface area contributed by atoms with Gasteiger partial charge in [0.1, 0.15) is 5.65 Å². The molecule has 0 aliphatic carbocycles. The number of piperazine rings is 1. The summed E-state index contributed by atoms with van der Waals surface area (Å²) in [6, 6.07) is 15.1. The Morgan fingerprint density at radius 1 is 1.03 bits per heavy atom. The third kappa shape index (κ3) is 5.47. The molecule has 4 aromatic rings. The summed E-state index contributed by atoms with van der Waals surface area (Å²) in [5.41, 5.74) is 3.38. The highest BCUT2D eigenvalue weighted by atomic mass is 35.5. The van der Waals surface area contributed by atoms with Gasteiger partial charge in [-0.2, -0.15) is 4.98 Å². The summed E-state index contributed by atoms with van der Waals surface area (Å²) in [6.07, 6.45) is 3.57. The first-order valence-corrected chi connectivity index (χ1v) is 14.0. The van der Waals surface area contributed by atoms with Gasteiger partial charge in [0.05, 0.1) is 23.4 Å². The van der Waals surface area contributed by atoms with Crippen LogP contribution >= 0.6 is 23.2 Å². The fourth-order valence-electron chi connectivity index (χ4n) is 5.27. The van der Waals surface area contributed by atoms with Gasteiger partial charge >= 0.3 is 0 Å². The largest absolute Gasteiger partial charge is 0.376 e. The van der Waals surface area contributed by atoms with E-state index >= 15 is 0 Å². The number of nitrogens with one attached hydrogen (secondary N) is 1. The number of hydrogen-bond acceptors (Lipinski definition) is 7. The smallest absolute Gasteiger partial charge is 0.260 e. The van der Waals surface area contributed by atoms with Crippen molar-refractivity contribution >= 4 is 51.6 Å². The van der Waals surface area contributed by atoms with Crippen LogP contribution in [0.25, 0.3) is 22.2 Å². The molecule has 2 saturated heterocycles. The lowest BCUT2D eigenvalue weighted by molar-refractivity contribution is 0.0971. The number of hydrogen-bond donors (Lipinski definition) is 1. The Balaban J connectivity index is 1.35. The van der Waals surface area contributed by atoms with Crippen LogP contribution in [-0.2, 0) is 11.3 Å². The van der Waals surface area contributed by atoms with E-state index < -0.39 is 0 Å². The lowest BCUT2D eigenvalue weighted by atomic mass is 10.1. The quantitative estimate of drug-likeness (QED) is 0.334. The topological polar surface area (TPSA) is 75.5 Å². The van der Waals surface area contributed by atoms with Crippen molar-refractivity contribution in [2.45, 2.75) is 25.5 Å². The number of ether oxygens (including phenoxy) is 1. The van der Waals surface area contributed by atoms with Gasteiger partial charge in [0.25, 0.3) is 5.56 Å². The minimum atomic E-state index is -0.157. The molecule has 39 heavy (non-hydrogen) atoms. The van der Waals surface area contributed by atoms with Gasteiger partial charge in [-0.1, -0.05) is 41.4 Å². The molecule has 0 saturated carbocycles. The monoisotopic (exact) mass is 564 g/mol. The van der Waals surface area contributed by atoms with Crippen LogP contribution in [0.2, 0.25) is 10.0 Å². The van der Waals surface area contributed by atoms with Gasteiger partial charge in [-0.3, -0.25) is 9.36 Å². The molecule has 2 aromatic heterocycles. The molecule has 8 nitrogen and oxygen atoms in total. The number of aromatic nitrogens is 3. The highest BCUT2D eigenvalue weighted by Gasteiger charge is 2.22. The van der Waals surface area contributed by atoms with Crippen LogP contribution in [0.1, 0.15) is 12.8 Å². The van der Waals surface area contributed by atoms with E-state index in [4.69, 9.17) is 32.9 Å². The van der Waals surface area contributed by atoms with Gasteiger partial charge in [0.2, 0.25) is 5.95 Å². The molecule has 2 aliphatic rings. The zero-order chi connectivity index (χ0) is 26.9. The van der Waals surface area contributed by atoms with E-state index in [-0.39, 0.29) is 11.7 Å². The van der Waals surface area contributed by atoms with Crippen molar-refractivity contribution in [3.63, 3.8) is 0 Å². The average molecular weight is 566 g/mol.